The Balaban J connectivity index is 2.92. The van der Waals surface area contributed by atoms with Gasteiger partial charge in [-0.2, -0.15) is 4.98 Å². The Bertz CT molecular complexity index is 354. The van der Waals surface area contributed by atoms with E-state index < -0.39 is 5.97 Å². The Morgan fingerprint density at radius 3 is 2.87 bits per heavy atom. The largest absolute Gasteiger partial charge is 0.480 e. The van der Waals surface area contributed by atoms with Crippen LogP contribution in [0, 0.1) is 0 Å². The van der Waals surface area contributed by atoms with Gasteiger partial charge in [0, 0.05) is 19.2 Å². The minimum atomic E-state index is -1.12. The monoisotopic (exact) mass is 212 g/mol. The number of methoxy groups -OCH3 is 1. The molecule has 0 aromatic carbocycles. The second-order valence-corrected chi connectivity index (χ2v) is 2.84. The molecular formula is C9H12N2O4. The fourth-order valence-corrected chi connectivity index (χ4v) is 1.06. The Labute approximate surface area is 86.6 Å². The van der Waals surface area contributed by atoms with Crippen LogP contribution in [0.1, 0.15) is 22.6 Å². The van der Waals surface area contributed by atoms with Crippen LogP contribution in [-0.2, 0) is 6.42 Å². The molecule has 0 unspecified atom stereocenters. The van der Waals surface area contributed by atoms with E-state index in [9.17, 15) is 4.79 Å². The van der Waals surface area contributed by atoms with Crippen molar-refractivity contribution in [2.75, 3.05) is 13.7 Å². The summed E-state index contributed by atoms with van der Waals surface area (Å²) in [5.41, 5.74) is -0.0646. The van der Waals surface area contributed by atoms with E-state index in [0.29, 0.717) is 18.7 Å². The quantitative estimate of drug-likeness (QED) is 0.719. The van der Waals surface area contributed by atoms with Crippen LogP contribution in [-0.4, -0.2) is 39.9 Å². The fraction of sp³-hybridized carbons (Fsp3) is 0.444. The molecule has 0 spiro atoms. The molecule has 0 aliphatic rings. The van der Waals surface area contributed by atoms with E-state index in [1.165, 1.54) is 13.3 Å². The molecule has 0 saturated heterocycles. The van der Waals surface area contributed by atoms with Crippen LogP contribution >= 0.6 is 0 Å². The number of carboxylic acid groups (broad SMARTS) is 1. The Hall–Kier alpha value is -1.69. The predicted molar refractivity (Wildman–Crippen MR) is 51.0 cm³/mol. The summed E-state index contributed by atoms with van der Waals surface area (Å²) in [6.07, 6.45) is 2.24. The molecule has 0 saturated carbocycles. The van der Waals surface area contributed by atoms with Crippen molar-refractivity contribution in [3.8, 4) is 5.88 Å². The fourth-order valence-electron chi connectivity index (χ4n) is 1.06. The van der Waals surface area contributed by atoms with Gasteiger partial charge in [-0.1, -0.05) is 0 Å². The van der Waals surface area contributed by atoms with Crippen molar-refractivity contribution in [1.29, 1.82) is 0 Å². The van der Waals surface area contributed by atoms with Crippen molar-refractivity contribution < 1.29 is 19.7 Å². The molecular weight excluding hydrogens is 200 g/mol. The number of nitrogens with zero attached hydrogens (tertiary/aromatic N) is 2. The highest BCUT2D eigenvalue weighted by molar-refractivity contribution is 5.89. The maximum Gasteiger partial charge on any atom is 0.342 e. The lowest BCUT2D eigenvalue weighted by Crippen LogP contribution is -2.07. The molecule has 1 aromatic heterocycles. The second kappa shape index (κ2) is 5.26. The molecule has 0 amide bonds. The molecule has 6 heteroatoms. The van der Waals surface area contributed by atoms with Crippen molar-refractivity contribution in [1.82, 2.24) is 9.97 Å². The van der Waals surface area contributed by atoms with Crippen molar-refractivity contribution in [3.63, 3.8) is 0 Å². The number of hydrogen-bond acceptors (Lipinski definition) is 5. The third-order valence-electron chi connectivity index (χ3n) is 1.79. The summed E-state index contributed by atoms with van der Waals surface area (Å²) < 4.78 is 4.83. The van der Waals surface area contributed by atoms with Crippen LogP contribution in [0.2, 0.25) is 0 Å². The van der Waals surface area contributed by atoms with E-state index in [4.69, 9.17) is 14.9 Å². The zero-order valence-electron chi connectivity index (χ0n) is 8.30. The molecule has 1 aromatic rings. The summed E-state index contributed by atoms with van der Waals surface area (Å²) in [7, 11) is 1.35. The molecule has 1 heterocycles. The van der Waals surface area contributed by atoms with Gasteiger partial charge in [-0.15, -0.1) is 0 Å². The van der Waals surface area contributed by atoms with Crippen LogP contribution in [0.5, 0.6) is 5.88 Å². The second-order valence-electron chi connectivity index (χ2n) is 2.84. The number of carboxylic acids is 1. The van der Waals surface area contributed by atoms with Crippen LogP contribution in [0.4, 0.5) is 0 Å². The van der Waals surface area contributed by atoms with E-state index in [1.54, 1.807) is 0 Å². The Kier molecular flexibility index (Phi) is 3.99. The number of aromatic nitrogens is 2. The summed E-state index contributed by atoms with van der Waals surface area (Å²) in [6.45, 7) is 0.0480. The number of ether oxygens (including phenoxy) is 1. The van der Waals surface area contributed by atoms with Crippen molar-refractivity contribution >= 4 is 5.97 Å². The van der Waals surface area contributed by atoms with Gasteiger partial charge in [-0.3, -0.25) is 0 Å². The van der Waals surface area contributed by atoms with Gasteiger partial charge in [0.1, 0.15) is 11.4 Å². The molecule has 1 rings (SSSR count). The molecule has 0 radical (unpaired) electrons. The van der Waals surface area contributed by atoms with Gasteiger partial charge < -0.3 is 14.9 Å². The third kappa shape index (κ3) is 2.88. The summed E-state index contributed by atoms with van der Waals surface area (Å²) >= 11 is 0. The van der Waals surface area contributed by atoms with Crippen molar-refractivity contribution in [2.45, 2.75) is 12.8 Å². The topological polar surface area (TPSA) is 92.5 Å². The first-order valence-electron chi connectivity index (χ1n) is 4.43. The summed E-state index contributed by atoms with van der Waals surface area (Å²) in [5, 5.41) is 17.4. The zero-order chi connectivity index (χ0) is 11.3. The standard InChI is InChI=1S/C9H12N2O4/c1-15-8-6(9(13)14)5-10-7(11-8)3-2-4-12/h5,12H,2-4H2,1H3,(H,13,14). The van der Waals surface area contributed by atoms with Crippen LogP contribution in [0.15, 0.2) is 6.20 Å². The summed E-state index contributed by atoms with van der Waals surface area (Å²) in [6, 6.07) is 0. The number of aromatic carboxylic acids is 1. The maximum absolute atomic E-state index is 10.7. The Morgan fingerprint density at radius 1 is 1.60 bits per heavy atom. The number of aryl methyl sites for hydroxylation is 1. The molecule has 0 bridgehead atoms. The first-order valence-corrected chi connectivity index (χ1v) is 4.43. The summed E-state index contributed by atoms with van der Waals surface area (Å²) in [5.74, 6) is -0.614. The van der Waals surface area contributed by atoms with Gasteiger partial charge in [0.05, 0.1) is 7.11 Å². The van der Waals surface area contributed by atoms with Gasteiger partial charge in [0.25, 0.3) is 0 Å². The number of aliphatic hydroxyl groups excluding tert-OH is 1. The number of aliphatic hydroxyl groups is 1. The molecule has 15 heavy (non-hydrogen) atoms. The van der Waals surface area contributed by atoms with Gasteiger partial charge in [0.15, 0.2) is 0 Å². The van der Waals surface area contributed by atoms with Crippen LogP contribution in [0.3, 0.4) is 0 Å². The predicted octanol–water partition coefficient (Wildman–Crippen LogP) is 0.108. The zero-order valence-corrected chi connectivity index (χ0v) is 8.30. The van der Waals surface area contributed by atoms with Crippen molar-refractivity contribution in [2.24, 2.45) is 0 Å². The highest BCUT2D eigenvalue weighted by Gasteiger charge is 2.13. The lowest BCUT2D eigenvalue weighted by molar-refractivity contribution is 0.0691. The molecule has 82 valence electrons. The van der Waals surface area contributed by atoms with E-state index >= 15 is 0 Å². The summed E-state index contributed by atoms with van der Waals surface area (Å²) in [4.78, 5) is 18.5. The number of hydrogen-bond donors (Lipinski definition) is 2. The minimum absolute atomic E-state index is 0.0467. The SMILES string of the molecule is COc1nc(CCCO)ncc1C(=O)O. The van der Waals surface area contributed by atoms with Crippen LogP contribution in [0.25, 0.3) is 0 Å². The first-order chi connectivity index (χ1) is 7.19. The number of rotatable bonds is 5. The van der Waals surface area contributed by atoms with Gasteiger partial charge in [-0.25, -0.2) is 9.78 Å². The lowest BCUT2D eigenvalue weighted by Gasteiger charge is -2.04. The molecule has 0 aliphatic heterocycles. The van der Waals surface area contributed by atoms with E-state index in [-0.39, 0.29) is 18.1 Å². The molecule has 0 atom stereocenters. The average Bonchev–Trinajstić information content (AvgIpc) is 2.25. The molecule has 2 N–H and O–H groups in total. The minimum Gasteiger partial charge on any atom is -0.480 e. The smallest absolute Gasteiger partial charge is 0.342 e. The highest BCUT2D eigenvalue weighted by Crippen LogP contribution is 2.14. The van der Waals surface area contributed by atoms with E-state index in [0.717, 1.165) is 0 Å². The average molecular weight is 212 g/mol. The van der Waals surface area contributed by atoms with E-state index in [2.05, 4.69) is 9.97 Å². The van der Waals surface area contributed by atoms with Gasteiger partial charge in [-0.05, 0) is 6.42 Å². The van der Waals surface area contributed by atoms with Crippen LogP contribution < -0.4 is 4.74 Å². The normalized spacial score (nSPS) is 10.0. The molecule has 6 nitrogen and oxygen atoms in total. The van der Waals surface area contributed by atoms with E-state index in [1.807, 2.05) is 0 Å². The lowest BCUT2D eigenvalue weighted by atomic mass is 10.3. The molecule has 0 fully saturated rings. The highest BCUT2D eigenvalue weighted by atomic mass is 16.5. The first kappa shape index (κ1) is 11.4. The molecule has 0 aliphatic carbocycles. The van der Waals surface area contributed by atoms with Crippen molar-refractivity contribution in [3.05, 3.63) is 17.6 Å². The third-order valence-corrected chi connectivity index (χ3v) is 1.79. The van der Waals surface area contributed by atoms with Gasteiger partial charge >= 0.3 is 5.97 Å². The number of carbonyl (C=O) groups is 1. The Morgan fingerprint density at radius 2 is 2.33 bits per heavy atom. The van der Waals surface area contributed by atoms with Gasteiger partial charge in [0.2, 0.25) is 5.88 Å². The maximum atomic E-state index is 10.7.